The van der Waals surface area contributed by atoms with Crippen LogP contribution in [-0.4, -0.2) is 32.2 Å². The average molecular weight is 320 g/mol. The lowest BCUT2D eigenvalue weighted by Gasteiger charge is -2.33. The molecular formula is C19H20N4O. The van der Waals surface area contributed by atoms with Crippen LogP contribution in [0.1, 0.15) is 46.2 Å². The molecule has 0 unspecified atom stereocenters. The van der Waals surface area contributed by atoms with Gasteiger partial charge in [0, 0.05) is 19.4 Å². The van der Waals surface area contributed by atoms with Crippen LogP contribution in [0, 0.1) is 6.92 Å². The number of hydrogen-bond acceptors (Lipinski definition) is 3. The topological polar surface area (TPSA) is 50.5 Å². The molecule has 0 saturated carbocycles. The Labute approximate surface area is 141 Å². The fourth-order valence-electron chi connectivity index (χ4n) is 3.69. The Balaban J connectivity index is 1.74. The van der Waals surface area contributed by atoms with E-state index in [1.165, 1.54) is 11.1 Å². The molecule has 3 aromatic rings. The Morgan fingerprint density at radius 2 is 2.12 bits per heavy atom. The standard InChI is InChI=1S/C19H20N4O/c1-13-17(23-12-6-11-20-19(23)21-13)18(24)22(2)16-10-5-8-14-7-3-4-9-15(14)16/h3-4,6-7,9,11-12,16H,5,8,10H2,1-2H3/t16-/m0/s1. The number of aromatic nitrogens is 3. The van der Waals surface area contributed by atoms with Crippen molar-refractivity contribution >= 4 is 11.7 Å². The number of imidazole rings is 1. The summed E-state index contributed by atoms with van der Waals surface area (Å²) < 4.78 is 1.78. The summed E-state index contributed by atoms with van der Waals surface area (Å²) in [6, 6.07) is 10.4. The van der Waals surface area contributed by atoms with Crippen molar-refractivity contribution in [3.05, 3.63) is 65.2 Å². The molecule has 5 heteroatoms. The largest absolute Gasteiger partial charge is 0.333 e. The maximum absolute atomic E-state index is 13.2. The summed E-state index contributed by atoms with van der Waals surface area (Å²) in [6.07, 6.45) is 6.73. The van der Waals surface area contributed by atoms with Gasteiger partial charge in [0.05, 0.1) is 11.7 Å². The molecule has 1 aliphatic carbocycles. The van der Waals surface area contributed by atoms with E-state index in [0.717, 1.165) is 25.0 Å². The van der Waals surface area contributed by atoms with Gasteiger partial charge in [0.2, 0.25) is 5.78 Å². The van der Waals surface area contributed by atoms with Crippen LogP contribution in [0.3, 0.4) is 0 Å². The minimum Gasteiger partial charge on any atom is -0.333 e. The predicted octanol–water partition coefficient (Wildman–Crippen LogP) is 3.19. The van der Waals surface area contributed by atoms with Gasteiger partial charge in [-0.05, 0) is 43.4 Å². The van der Waals surface area contributed by atoms with Gasteiger partial charge >= 0.3 is 0 Å². The number of hydrogen-bond donors (Lipinski definition) is 0. The minimum absolute atomic E-state index is 0.00490. The van der Waals surface area contributed by atoms with E-state index in [1.54, 1.807) is 10.6 Å². The molecule has 0 saturated heterocycles. The van der Waals surface area contributed by atoms with E-state index >= 15 is 0 Å². The summed E-state index contributed by atoms with van der Waals surface area (Å²) in [5, 5.41) is 0. The first-order valence-corrected chi connectivity index (χ1v) is 8.31. The summed E-state index contributed by atoms with van der Waals surface area (Å²) in [7, 11) is 1.89. The van der Waals surface area contributed by atoms with Crippen LogP contribution in [0.2, 0.25) is 0 Å². The molecule has 1 amide bonds. The molecule has 0 fully saturated rings. The van der Waals surface area contributed by atoms with Crippen molar-refractivity contribution in [2.45, 2.75) is 32.2 Å². The molecule has 4 rings (SSSR count). The smallest absolute Gasteiger partial charge is 0.273 e. The Morgan fingerprint density at radius 1 is 1.29 bits per heavy atom. The molecule has 2 aromatic heterocycles. The normalized spacial score (nSPS) is 16.8. The van der Waals surface area contributed by atoms with E-state index in [-0.39, 0.29) is 11.9 Å². The van der Waals surface area contributed by atoms with Gasteiger partial charge in [0.25, 0.3) is 5.91 Å². The molecule has 122 valence electrons. The summed E-state index contributed by atoms with van der Waals surface area (Å²) in [6.45, 7) is 1.87. The molecule has 0 N–H and O–H groups in total. The number of aryl methyl sites for hydroxylation is 2. The van der Waals surface area contributed by atoms with Crippen LogP contribution in [0.15, 0.2) is 42.7 Å². The fraction of sp³-hybridized carbons (Fsp3) is 0.316. The van der Waals surface area contributed by atoms with Crippen molar-refractivity contribution in [1.29, 1.82) is 0 Å². The number of rotatable bonds is 2. The number of nitrogens with zero attached hydrogens (tertiary/aromatic N) is 4. The van der Waals surface area contributed by atoms with Gasteiger partial charge in [-0.3, -0.25) is 9.20 Å². The Hall–Kier alpha value is -2.69. The number of carbonyl (C=O) groups excluding carboxylic acids is 1. The highest BCUT2D eigenvalue weighted by Gasteiger charge is 2.29. The fourth-order valence-corrected chi connectivity index (χ4v) is 3.69. The van der Waals surface area contributed by atoms with Crippen LogP contribution in [0.4, 0.5) is 0 Å². The Bertz CT molecular complexity index is 915. The number of fused-ring (bicyclic) bond motifs is 2. The third-order valence-corrected chi connectivity index (χ3v) is 4.91. The molecule has 0 bridgehead atoms. The maximum Gasteiger partial charge on any atom is 0.273 e. The van der Waals surface area contributed by atoms with E-state index in [9.17, 15) is 4.79 Å². The summed E-state index contributed by atoms with van der Waals surface area (Å²) in [5.74, 6) is 0.561. The monoisotopic (exact) mass is 320 g/mol. The van der Waals surface area contributed by atoms with E-state index in [2.05, 4.69) is 34.2 Å². The van der Waals surface area contributed by atoms with Crippen molar-refractivity contribution in [2.24, 2.45) is 0 Å². The second-order valence-electron chi connectivity index (χ2n) is 6.36. The van der Waals surface area contributed by atoms with E-state index in [1.807, 2.05) is 31.1 Å². The van der Waals surface area contributed by atoms with Gasteiger partial charge in [-0.2, -0.15) is 0 Å². The van der Waals surface area contributed by atoms with Gasteiger partial charge in [0.1, 0.15) is 5.69 Å². The first kappa shape index (κ1) is 14.9. The van der Waals surface area contributed by atoms with Crippen molar-refractivity contribution in [2.75, 3.05) is 7.05 Å². The summed E-state index contributed by atoms with van der Waals surface area (Å²) >= 11 is 0. The van der Waals surface area contributed by atoms with Gasteiger partial charge in [-0.25, -0.2) is 9.97 Å². The molecule has 24 heavy (non-hydrogen) atoms. The Kier molecular flexibility index (Phi) is 3.56. The molecule has 0 aliphatic heterocycles. The second-order valence-corrected chi connectivity index (χ2v) is 6.36. The van der Waals surface area contributed by atoms with Crippen LogP contribution in [0.5, 0.6) is 0 Å². The van der Waals surface area contributed by atoms with Crippen molar-refractivity contribution in [1.82, 2.24) is 19.3 Å². The van der Waals surface area contributed by atoms with Crippen LogP contribution in [-0.2, 0) is 6.42 Å². The molecule has 1 atom stereocenters. The third kappa shape index (κ3) is 2.28. The lowest BCUT2D eigenvalue weighted by Crippen LogP contribution is -2.34. The number of benzene rings is 1. The summed E-state index contributed by atoms with van der Waals surface area (Å²) in [4.78, 5) is 23.7. The molecule has 1 aliphatic rings. The van der Waals surface area contributed by atoms with Gasteiger partial charge in [-0.1, -0.05) is 24.3 Å². The first-order chi connectivity index (χ1) is 11.7. The highest BCUT2D eigenvalue weighted by molar-refractivity contribution is 5.94. The quantitative estimate of drug-likeness (QED) is 0.728. The van der Waals surface area contributed by atoms with Crippen molar-refractivity contribution in [3.8, 4) is 0 Å². The van der Waals surface area contributed by atoms with Crippen LogP contribution in [0.25, 0.3) is 5.78 Å². The highest BCUT2D eigenvalue weighted by Crippen LogP contribution is 2.34. The second kappa shape index (κ2) is 5.74. The van der Waals surface area contributed by atoms with Gasteiger partial charge in [-0.15, -0.1) is 0 Å². The molecule has 0 radical (unpaired) electrons. The van der Waals surface area contributed by atoms with Gasteiger partial charge in [0.15, 0.2) is 0 Å². The molecule has 2 heterocycles. The molecule has 5 nitrogen and oxygen atoms in total. The number of carbonyl (C=O) groups is 1. The Morgan fingerprint density at radius 3 is 3.00 bits per heavy atom. The van der Waals surface area contributed by atoms with E-state index < -0.39 is 0 Å². The molecule has 0 spiro atoms. The zero-order valence-corrected chi connectivity index (χ0v) is 13.9. The minimum atomic E-state index is -0.00490. The number of amides is 1. The van der Waals surface area contributed by atoms with E-state index in [0.29, 0.717) is 11.5 Å². The van der Waals surface area contributed by atoms with Crippen molar-refractivity contribution < 1.29 is 4.79 Å². The van der Waals surface area contributed by atoms with Crippen molar-refractivity contribution in [3.63, 3.8) is 0 Å². The summed E-state index contributed by atoms with van der Waals surface area (Å²) in [5.41, 5.74) is 3.94. The SMILES string of the molecule is Cc1nc2ncccn2c1C(=O)N(C)[C@H]1CCCc2ccccc21. The van der Waals surface area contributed by atoms with Crippen LogP contribution >= 0.6 is 0 Å². The highest BCUT2D eigenvalue weighted by atomic mass is 16.2. The lowest BCUT2D eigenvalue weighted by molar-refractivity contribution is 0.0707. The lowest BCUT2D eigenvalue weighted by atomic mass is 9.87. The predicted molar refractivity (Wildman–Crippen MR) is 91.9 cm³/mol. The zero-order valence-electron chi connectivity index (χ0n) is 13.9. The van der Waals surface area contributed by atoms with E-state index in [4.69, 9.17) is 0 Å². The van der Waals surface area contributed by atoms with Gasteiger partial charge < -0.3 is 4.90 Å². The zero-order chi connectivity index (χ0) is 16.7. The maximum atomic E-state index is 13.2. The first-order valence-electron chi connectivity index (χ1n) is 8.31. The average Bonchev–Trinajstić information content (AvgIpc) is 2.95. The third-order valence-electron chi connectivity index (χ3n) is 4.91. The molecular weight excluding hydrogens is 300 g/mol. The molecule has 1 aromatic carbocycles. The van der Waals surface area contributed by atoms with Crippen LogP contribution < -0.4 is 0 Å².